The molecule has 0 heterocycles. The van der Waals surface area contributed by atoms with Gasteiger partial charge in [0.25, 0.3) is 0 Å². The topological polar surface area (TPSA) is 68.3 Å². The first-order valence-electron chi connectivity index (χ1n) is 5.65. The van der Waals surface area contributed by atoms with Crippen LogP contribution in [0.1, 0.15) is 23.1 Å². The van der Waals surface area contributed by atoms with Crippen LogP contribution in [0.5, 0.6) is 0 Å². The molecular weight excluding hydrogens is 216 g/mol. The lowest BCUT2D eigenvalue weighted by atomic mass is 10.1. The Kier molecular flexibility index (Phi) is 5.66. The number of nitrogens with two attached hydrogens (primary N) is 1. The van der Waals surface area contributed by atoms with E-state index < -0.39 is 0 Å². The van der Waals surface area contributed by atoms with Crippen LogP contribution in [0, 0.1) is 12.3 Å². The molecule has 94 valence electrons. The smallest absolute Gasteiger partial charge is 0.122 e. The molecule has 0 atom stereocenters. The molecule has 4 heteroatoms. The lowest BCUT2D eigenvalue weighted by Crippen LogP contribution is -2.11. The molecule has 0 amide bonds. The van der Waals surface area contributed by atoms with Crippen molar-refractivity contribution in [1.29, 1.82) is 5.41 Å². The number of rotatable bonds is 7. The van der Waals surface area contributed by atoms with Crippen LogP contribution in [0.25, 0.3) is 0 Å². The van der Waals surface area contributed by atoms with Gasteiger partial charge in [0.2, 0.25) is 0 Å². The van der Waals surface area contributed by atoms with E-state index in [0.717, 1.165) is 29.7 Å². The summed E-state index contributed by atoms with van der Waals surface area (Å²) in [6.07, 6.45) is 0.904. The maximum Gasteiger partial charge on any atom is 0.122 e. The number of ether oxygens (including phenoxy) is 2. The van der Waals surface area contributed by atoms with Gasteiger partial charge in [-0.1, -0.05) is 12.1 Å². The maximum atomic E-state index is 7.35. The summed E-state index contributed by atoms with van der Waals surface area (Å²) < 4.78 is 10.5. The molecule has 0 bridgehead atoms. The Morgan fingerprint density at radius 3 is 2.71 bits per heavy atom. The SMILES string of the molecule is COCCCOCc1ccc(C(=N)N)cc1C. The lowest BCUT2D eigenvalue weighted by Gasteiger charge is -2.08. The number of benzene rings is 1. The van der Waals surface area contributed by atoms with E-state index in [9.17, 15) is 0 Å². The zero-order valence-corrected chi connectivity index (χ0v) is 10.5. The third-order valence-electron chi connectivity index (χ3n) is 2.55. The summed E-state index contributed by atoms with van der Waals surface area (Å²) in [5.74, 6) is 0.0978. The number of methoxy groups -OCH3 is 1. The fraction of sp³-hybridized carbons (Fsp3) is 0.462. The van der Waals surface area contributed by atoms with Gasteiger partial charge in [-0.25, -0.2) is 0 Å². The van der Waals surface area contributed by atoms with Crippen molar-refractivity contribution >= 4 is 5.84 Å². The molecule has 0 unspecified atom stereocenters. The molecule has 4 nitrogen and oxygen atoms in total. The highest BCUT2D eigenvalue weighted by molar-refractivity contribution is 5.95. The Hall–Kier alpha value is -1.39. The normalized spacial score (nSPS) is 10.5. The van der Waals surface area contributed by atoms with E-state index in [-0.39, 0.29) is 5.84 Å². The quantitative estimate of drug-likeness (QED) is 0.431. The summed E-state index contributed by atoms with van der Waals surface area (Å²) in [6.45, 7) is 4.01. The monoisotopic (exact) mass is 236 g/mol. The van der Waals surface area contributed by atoms with Crippen molar-refractivity contribution in [3.63, 3.8) is 0 Å². The maximum absolute atomic E-state index is 7.35. The molecule has 0 aliphatic heterocycles. The van der Waals surface area contributed by atoms with Crippen LogP contribution in [0.4, 0.5) is 0 Å². The minimum atomic E-state index is 0.0978. The van der Waals surface area contributed by atoms with E-state index in [0.29, 0.717) is 13.2 Å². The van der Waals surface area contributed by atoms with E-state index in [4.69, 9.17) is 20.6 Å². The molecule has 0 aliphatic rings. The Bertz CT molecular complexity index is 378. The summed E-state index contributed by atoms with van der Waals surface area (Å²) in [6, 6.07) is 5.72. The third-order valence-corrected chi connectivity index (χ3v) is 2.55. The van der Waals surface area contributed by atoms with Crippen molar-refractivity contribution in [3.05, 3.63) is 34.9 Å². The first-order chi connectivity index (χ1) is 8.15. The summed E-state index contributed by atoms with van der Waals surface area (Å²) >= 11 is 0. The van der Waals surface area contributed by atoms with E-state index in [1.54, 1.807) is 7.11 Å². The van der Waals surface area contributed by atoms with Crippen LogP contribution >= 0.6 is 0 Å². The molecule has 0 saturated carbocycles. The van der Waals surface area contributed by atoms with Gasteiger partial charge in [-0.15, -0.1) is 0 Å². The van der Waals surface area contributed by atoms with Crippen LogP contribution < -0.4 is 5.73 Å². The number of nitrogens with one attached hydrogen (secondary N) is 1. The molecule has 1 aromatic rings. The van der Waals surface area contributed by atoms with Crippen molar-refractivity contribution < 1.29 is 9.47 Å². The number of hydrogen-bond donors (Lipinski definition) is 2. The minimum Gasteiger partial charge on any atom is -0.385 e. The van der Waals surface area contributed by atoms with Crippen LogP contribution in [-0.4, -0.2) is 26.2 Å². The van der Waals surface area contributed by atoms with Gasteiger partial charge in [0, 0.05) is 25.9 Å². The lowest BCUT2D eigenvalue weighted by molar-refractivity contribution is 0.0926. The predicted octanol–water partition coefficient (Wildman–Crippen LogP) is 1.83. The zero-order chi connectivity index (χ0) is 12.7. The van der Waals surface area contributed by atoms with Crippen LogP contribution in [-0.2, 0) is 16.1 Å². The van der Waals surface area contributed by atoms with Crippen molar-refractivity contribution in [3.8, 4) is 0 Å². The fourth-order valence-corrected chi connectivity index (χ4v) is 1.51. The second kappa shape index (κ2) is 7.04. The number of amidine groups is 1. The van der Waals surface area contributed by atoms with Crippen molar-refractivity contribution in [2.45, 2.75) is 20.0 Å². The molecule has 17 heavy (non-hydrogen) atoms. The van der Waals surface area contributed by atoms with Gasteiger partial charge in [-0.05, 0) is 30.5 Å². The largest absolute Gasteiger partial charge is 0.385 e. The number of aryl methyl sites for hydroxylation is 1. The average Bonchev–Trinajstić information content (AvgIpc) is 2.30. The molecule has 0 fully saturated rings. The number of nitrogen functional groups attached to an aromatic ring is 1. The van der Waals surface area contributed by atoms with Crippen molar-refractivity contribution in [2.24, 2.45) is 5.73 Å². The van der Waals surface area contributed by atoms with Crippen LogP contribution in [0.15, 0.2) is 18.2 Å². The highest BCUT2D eigenvalue weighted by Crippen LogP contribution is 2.12. The molecule has 0 aliphatic carbocycles. The van der Waals surface area contributed by atoms with Crippen molar-refractivity contribution in [1.82, 2.24) is 0 Å². The summed E-state index contributed by atoms with van der Waals surface area (Å²) in [7, 11) is 1.69. The highest BCUT2D eigenvalue weighted by Gasteiger charge is 2.02. The zero-order valence-electron chi connectivity index (χ0n) is 10.5. The third kappa shape index (κ3) is 4.54. The standard InChI is InChI=1S/C13H20N2O2/c1-10-8-11(13(14)15)4-5-12(10)9-17-7-3-6-16-2/h4-5,8H,3,6-7,9H2,1-2H3,(H3,14,15). The molecule has 3 N–H and O–H groups in total. The van der Waals surface area contributed by atoms with Gasteiger partial charge in [0.1, 0.15) is 5.84 Å². The fourth-order valence-electron chi connectivity index (χ4n) is 1.51. The van der Waals surface area contributed by atoms with Gasteiger partial charge in [-0.3, -0.25) is 5.41 Å². The second-order valence-electron chi connectivity index (χ2n) is 3.95. The van der Waals surface area contributed by atoms with Gasteiger partial charge in [0.15, 0.2) is 0 Å². The minimum absolute atomic E-state index is 0.0978. The molecule has 0 radical (unpaired) electrons. The molecule has 0 spiro atoms. The second-order valence-corrected chi connectivity index (χ2v) is 3.95. The first kappa shape index (κ1) is 13.7. The van der Waals surface area contributed by atoms with E-state index in [1.807, 2.05) is 25.1 Å². The Morgan fingerprint density at radius 1 is 1.35 bits per heavy atom. The molecule has 1 aromatic carbocycles. The Balaban J connectivity index is 2.46. The van der Waals surface area contributed by atoms with E-state index in [2.05, 4.69) is 0 Å². The first-order valence-corrected chi connectivity index (χ1v) is 5.65. The van der Waals surface area contributed by atoms with Gasteiger partial charge in [0.05, 0.1) is 6.61 Å². The molecular formula is C13H20N2O2. The molecule has 1 rings (SSSR count). The predicted molar refractivity (Wildman–Crippen MR) is 68.3 cm³/mol. The van der Waals surface area contributed by atoms with Gasteiger partial charge < -0.3 is 15.2 Å². The van der Waals surface area contributed by atoms with Gasteiger partial charge >= 0.3 is 0 Å². The summed E-state index contributed by atoms with van der Waals surface area (Å²) in [5.41, 5.74) is 8.41. The van der Waals surface area contributed by atoms with E-state index in [1.165, 1.54) is 0 Å². The Morgan fingerprint density at radius 2 is 2.12 bits per heavy atom. The molecule has 0 saturated heterocycles. The van der Waals surface area contributed by atoms with Gasteiger partial charge in [-0.2, -0.15) is 0 Å². The van der Waals surface area contributed by atoms with Crippen LogP contribution in [0.3, 0.4) is 0 Å². The number of hydrogen-bond acceptors (Lipinski definition) is 3. The summed E-state index contributed by atoms with van der Waals surface area (Å²) in [5, 5.41) is 7.35. The van der Waals surface area contributed by atoms with E-state index >= 15 is 0 Å². The average molecular weight is 236 g/mol. The van der Waals surface area contributed by atoms with Crippen LogP contribution in [0.2, 0.25) is 0 Å². The highest BCUT2D eigenvalue weighted by atomic mass is 16.5. The Labute approximate surface area is 102 Å². The van der Waals surface area contributed by atoms with Crippen molar-refractivity contribution in [2.75, 3.05) is 20.3 Å². The molecule has 0 aromatic heterocycles. The summed E-state index contributed by atoms with van der Waals surface area (Å²) in [4.78, 5) is 0.